The number of aliphatic hydroxyl groups is 1. The summed E-state index contributed by atoms with van der Waals surface area (Å²) in [5, 5.41) is 11.5. The zero-order valence-electron chi connectivity index (χ0n) is 25.4. The minimum Gasteiger partial charge on any atom is -0.421 e. The number of hydrogen-bond acceptors (Lipinski definition) is 7. The normalized spacial score (nSPS) is 41.2. The van der Waals surface area contributed by atoms with E-state index in [-0.39, 0.29) is 35.7 Å². The fourth-order valence-electron chi connectivity index (χ4n) is 10.1. The monoisotopic (exact) mass is 574 g/mol. The lowest BCUT2D eigenvalue weighted by Gasteiger charge is -2.63. The number of fused-ring (bicyclic) bond motifs is 6. The molecule has 1 N–H and O–H groups in total. The van der Waals surface area contributed by atoms with Crippen LogP contribution in [-0.4, -0.2) is 32.9 Å². The highest BCUT2D eigenvalue weighted by Crippen LogP contribution is 2.71. The molecule has 8 atom stereocenters. The van der Waals surface area contributed by atoms with Crippen LogP contribution < -0.4 is 0 Å². The Bertz CT molecular complexity index is 1050. The summed E-state index contributed by atoms with van der Waals surface area (Å²) in [5.74, 6) is 0.771. The number of rotatable bonds is 6. The van der Waals surface area contributed by atoms with E-state index in [1.165, 1.54) is 39.0 Å². The summed E-state index contributed by atoms with van der Waals surface area (Å²) >= 11 is 0.858. The molecule has 7 heteroatoms. The van der Waals surface area contributed by atoms with Gasteiger partial charge in [-0.2, -0.15) is 0 Å². The minimum atomic E-state index is -1.61. The van der Waals surface area contributed by atoms with E-state index in [1.807, 2.05) is 0 Å². The van der Waals surface area contributed by atoms with Crippen molar-refractivity contribution in [2.75, 3.05) is 0 Å². The molecule has 0 unspecified atom stereocenters. The summed E-state index contributed by atoms with van der Waals surface area (Å²) in [4.78, 5) is 36.6. The molecule has 40 heavy (non-hydrogen) atoms. The van der Waals surface area contributed by atoms with Gasteiger partial charge in [-0.05, 0) is 80.0 Å². The molecule has 0 aromatic heterocycles. The van der Waals surface area contributed by atoms with E-state index in [0.29, 0.717) is 24.2 Å². The molecule has 1 saturated heterocycles. The molecular formula is C33H50O6S. The van der Waals surface area contributed by atoms with Crippen LogP contribution in [0.4, 0.5) is 0 Å². The molecule has 0 aromatic carbocycles. The highest BCUT2D eigenvalue weighted by molar-refractivity contribution is 8.14. The number of carbonyl (C=O) groups is 3. The fourth-order valence-corrected chi connectivity index (χ4v) is 11.1. The van der Waals surface area contributed by atoms with Crippen LogP contribution in [0.25, 0.3) is 0 Å². The van der Waals surface area contributed by atoms with Crippen molar-refractivity contribution in [3.05, 3.63) is 11.6 Å². The molecule has 4 fully saturated rings. The first kappa shape index (κ1) is 30.1. The molecule has 5 aliphatic rings. The van der Waals surface area contributed by atoms with E-state index in [9.17, 15) is 19.5 Å². The lowest BCUT2D eigenvalue weighted by atomic mass is 9.45. The maximum Gasteiger partial charge on any atom is 0.309 e. The zero-order valence-corrected chi connectivity index (χ0v) is 26.2. The quantitative estimate of drug-likeness (QED) is 0.204. The zero-order chi connectivity index (χ0) is 29.1. The van der Waals surface area contributed by atoms with Crippen molar-refractivity contribution in [3.63, 3.8) is 0 Å². The molecule has 1 heterocycles. The third-order valence-electron chi connectivity index (χ3n) is 11.9. The smallest absolute Gasteiger partial charge is 0.309 e. The molecule has 4 aliphatic carbocycles. The molecule has 224 valence electrons. The van der Waals surface area contributed by atoms with Gasteiger partial charge in [-0.25, -0.2) is 0 Å². The van der Waals surface area contributed by atoms with Crippen LogP contribution in [0.15, 0.2) is 11.6 Å². The number of esters is 2. The predicted octanol–water partition coefficient (Wildman–Crippen LogP) is 7.18. The SMILES string of the molecule is CC(=O)S[C@@]1(O)CC2=CC[C@H]3[C@@H]4CC[C@H]([C@H](C)CCCC(C)C)[C@@]4(C)CC[C@@H]3[C@@]2(C)C2(C1)OC(=O)CCC(=O)O2. The number of allylic oxidation sites excluding steroid dienone is 1. The highest BCUT2D eigenvalue weighted by Gasteiger charge is 2.71. The van der Waals surface area contributed by atoms with Gasteiger partial charge in [0.25, 0.3) is 5.79 Å². The van der Waals surface area contributed by atoms with E-state index in [0.717, 1.165) is 48.4 Å². The first-order chi connectivity index (χ1) is 18.7. The average molecular weight is 575 g/mol. The van der Waals surface area contributed by atoms with Gasteiger partial charge >= 0.3 is 11.9 Å². The van der Waals surface area contributed by atoms with Crippen LogP contribution in [0.5, 0.6) is 0 Å². The van der Waals surface area contributed by atoms with Crippen LogP contribution in [-0.2, 0) is 23.9 Å². The van der Waals surface area contributed by atoms with Crippen LogP contribution in [0, 0.1) is 46.3 Å². The van der Waals surface area contributed by atoms with Gasteiger partial charge in [0.15, 0.2) is 5.12 Å². The Morgan fingerprint density at radius 2 is 1.73 bits per heavy atom. The lowest BCUT2D eigenvalue weighted by molar-refractivity contribution is -0.297. The Labute approximate surface area is 244 Å². The Balaban J connectivity index is 1.49. The third kappa shape index (κ3) is 4.99. The summed E-state index contributed by atoms with van der Waals surface area (Å²) < 4.78 is 12.3. The number of hydrogen-bond donors (Lipinski definition) is 1. The molecular weight excluding hydrogens is 524 g/mol. The second kappa shape index (κ2) is 10.7. The first-order valence-electron chi connectivity index (χ1n) is 15.8. The number of carbonyl (C=O) groups excluding carboxylic acids is 3. The van der Waals surface area contributed by atoms with E-state index in [4.69, 9.17) is 9.47 Å². The van der Waals surface area contributed by atoms with Gasteiger partial charge in [-0.1, -0.05) is 70.4 Å². The standard InChI is InChI=1S/C33H50O6S/c1-20(2)8-7-9-21(3)25-12-13-26-24-11-10-23-18-32(37,40-22(4)34)19-33(38-28(35)14-15-29(36)39-33)31(23,6)27(24)16-17-30(25,26)5/h10,20-21,24-27,37H,7-9,11-19H2,1-6H3/t21-,24+,25-,26+,27+,30-,31+,32+/m1/s1. The average Bonchev–Trinajstić information content (AvgIpc) is 3.12. The van der Waals surface area contributed by atoms with Crippen molar-refractivity contribution >= 4 is 28.8 Å². The van der Waals surface area contributed by atoms with Crippen LogP contribution in [0.1, 0.15) is 119 Å². The topological polar surface area (TPSA) is 89.9 Å². The number of thioether (sulfide) groups is 1. The van der Waals surface area contributed by atoms with Crippen molar-refractivity contribution in [1.82, 2.24) is 0 Å². The van der Waals surface area contributed by atoms with Crippen LogP contribution in [0.2, 0.25) is 0 Å². The van der Waals surface area contributed by atoms with E-state index < -0.39 is 28.1 Å². The molecule has 0 bridgehead atoms. The van der Waals surface area contributed by atoms with E-state index in [2.05, 4.69) is 40.7 Å². The summed E-state index contributed by atoms with van der Waals surface area (Å²) in [5.41, 5.74) is 0.514. The summed E-state index contributed by atoms with van der Waals surface area (Å²) in [6, 6.07) is 0. The maximum atomic E-state index is 13.0. The molecule has 1 aliphatic heterocycles. The van der Waals surface area contributed by atoms with Gasteiger partial charge in [0.05, 0.1) is 24.7 Å². The van der Waals surface area contributed by atoms with Crippen molar-refractivity contribution in [2.45, 2.75) is 129 Å². The van der Waals surface area contributed by atoms with Gasteiger partial charge in [-0.3, -0.25) is 14.4 Å². The lowest BCUT2D eigenvalue weighted by Crippen LogP contribution is -2.66. The maximum absolute atomic E-state index is 13.0. The third-order valence-corrected chi connectivity index (χ3v) is 12.8. The van der Waals surface area contributed by atoms with E-state index in [1.54, 1.807) is 0 Å². The Morgan fingerprint density at radius 3 is 2.35 bits per heavy atom. The molecule has 0 aromatic rings. The Hall–Kier alpha value is -1.34. The highest BCUT2D eigenvalue weighted by atomic mass is 32.2. The second-order valence-electron chi connectivity index (χ2n) is 14.7. The molecule has 5 rings (SSSR count). The van der Waals surface area contributed by atoms with Gasteiger partial charge < -0.3 is 14.6 Å². The second-order valence-corrected chi connectivity index (χ2v) is 16.2. The van der Waals surface area contributed by atoms with Gasteiger partial charge in [0.1, 0.15) is 4.93 Å². The molecule has 6 nitrogen and oxygen atoms in total. The van der Waals surface area contributed by atoms with Crippen LogP contribution in [0.3, 0.4) is 0 Å². The predicted molar refractivity (Wildman–Crippen MR) is 156 cm³/mol. The first-order valence-corrected chi connectivity index (χ1v) is 16.6. The molecule has 0 amide bonds. The largest absolute Gasteiger partial charge is 0.421 e. The van der Waals surface area contributed by atoms with Crippen molar-refractivity contribution in [2.24, 2.45) is 46.3 Å². The Morgan fingerprint density at radius 1 is 1.05 bits per heavy atom. The Kier molecular flexibility index (Phi) is 8.09. The van der Waals surface area contributed by atoms with Crippen molar-refractivity contribution in [1.29, 1.82) is 0 Å². The summed E-state index contributed by atoms with van der Waals surface area (Å²) in [6.45, 7) is 13.2. The van der Waals surface area contributed by atoms with Crippen molar-refractivity contribution < 1.29 is 29.0 Å². The van der Waals surface area contributed by atoms with Gasteiger partial charge in [0.2, 0.25) is 0 Å². The molecule has 1 spiro atoms. The van der Waals surface area contributed by atoms with Gasteiger partial charge in [0, 0.05) is 13.3 Å². The molecule has 0 radical (unpaired) electrons. The van der Waals surface area contributed by atoms with Gasteiger partial charge in [-0.15, -0.1) is 0 Å². The van der Waals surface area contributed by atoms with E-state index >= 15 is 0 Å². The summed E-state index contributed by atoms with van der Waals surface area (Å²) in [6.07, 6.45) is 11.8. The molecule has 3 saturated carbocycles. The number of ether oxygens (including phenoxy) is 2. The fraction of sp³-hybridized carbons (Fsp3) is 0.848. The minimum absolute atomic E-state index is 0.0286. The summed E-state index contributed by atoms with van der Waals surface area (Å²) in [7, 11) is 0. The van der Waals surface area contributed by atoms with Crippen LogP contribution >= 0.6 is 11.8 Å². The van der Waals surface area contributed by atoms with Crippen molar-refractivity contribution in [3.8, 4) is 0 Å².